The molecule has 0 saturated carbocycles. The highest BCUT2D eigenvalue weighted by Gasteiger charge is 2.25. The number of ketones is 1. The number of aliphatic carboxylic acids is 1. The number of hydrogen-bond donors (Lipinski definition) is 1. The summed E-state index contributed by atoms with van der Waals surface area (Å²) in [7, 11) is 0. The lowest BCUT2D eigenvalue weighted by molar-refractivity contribution is -0.149. The highest BCUT2D eigenvalue weighted by molar-refractivity contribution is 6.35. The van der Waals surface area contributed by atoms with Crippen LogP contribution in [0.15, 0.2) is 42.0 Å². The molecule has 0 spiro atoms. The van der Waals surface area contributed by atoms with E-state index < -0.39 is 17.7 Å². The van der Waals surface area contributed by atoms with Crippen LogP contribution in [0.2, 0.25) is 0 Å². The Labute approximate surface area is 101 Å². The third-order valence-electron chi connectivity index (χ3n) is 2.49. The molecular formula is C14H16O3. The minimum absolute atomic E-state index is 0.428. The Bertz CT molecular complexity index is 428. The van der Waals surface area contributed by atoms with Crippen molar-refractivity contribution in [2.75, 3.05) is 0 Å². The van der Waals surface area contributed by atoms with Crippen molar-refractivity contribution in [2.24, 2.45) is 0 Å². The minimum Gasteiger partial charge on any atom is -0.475 e. The second-order valence-corrected chi connectivity index (χ2v) is 4.15. The zero-order valence-corrected chi connectivity index (χ0v) is 10.0. The molecule has 90 valence electrons. The van der Waals surface area contributed by atoms with E-state index in [9.17, 15) is 9.59 Å². The van der Waals surface area contributed by atoms with Gasteiger partial charge in [0.25, 0.3) is 0 Å². The summed E-state index contributed by atoms with van der Waals surface area (Å²) in [5.41, 5.74) is 1.82. The van der Waals surface area contributed by atoms with Gasteiger partial charge in [-0.2, -0.15) is 0 Å². The van der Waals surface area contributed by atoms with Crippen LogP contribution in [0.5, 0.6) is 0 Å². The van der Waals surface area contributed by atoms with E-state index in [-0.39, 0.29) is 0 Å². The normalized spacial score (nSPS) is 11.6. The predicted molar refractivity (Wildman–Crippen MR) is 65.9 cm³/mol. The van der Waals surface area contributed by atoms with E-state index in [0.717, 1.165) is 11.1 Å². The Kier molecular flexibility index (Phi) is 4.64. The number of Topliss-reactive ketones (excluding diaryl/α,β-unsaturated/α-hetero) is 1. The number of carbonyl (C=O) groups excluding carboxylic acids is 1. The van der Waals surface area contributed by atoms with Crippen molar-refractivity contribution >= 4 is 11.8 Å². The summed E-state index contributed by atoms with van der Waals surface area (Å²) in [6.45, 7) is 3.85. The van der Waals surface area contributed by atoms with Gasteiger partial charge in [0.1, 0.15) is 0 Å². The molecule has 1 aromatic rings. The predicted octanol–water partition coefficient (Wildman–Crippen LogP) is 2.78. The zero-order valence-electron chi connectivity index (χ0n) is 10.0. The van der Waals surface area contributed by atoms with E-state index in [4.69, 9.17) is 5.11 Å². The van der Waals surface area contributed by atoms with Crippen molar-refractivity contribution in [3.8, 4) is 0 Å². The molecule has 3 heteroatoms. The van der Waals surface area contributed by atoms with Gasteiger partial charge in [-0.25, -0.2) is 4.79 Å². The Morgan fingerprint density at radius 1 is 1.24 bits per heavy atom. The maximum atomic E-state index is 11.6. The van der Waals surface area contributed by atoms with Gasteiger partial charge in [0.15, 0.2) is 0 Å². The van der Waals surface area contributed by atoms with Crippen LogP contribution in [0.1, 0.15) is 31.7 Å². The van der Waals surface area contributed by atoms with Crippen LogP contribution in [0.25, 0.3) is 0 Å². The first-order chi connectivity index (χ1) is 8.02. The first kappa shape index (κ1) is 13.2. The van der Waals surface area contributed by atoms with E-state index >= 15 is 0 Å². The Hall–Kier alpha value is -1.90. The largest absolute Gasteiger partial charge is 0.475 e. The number of carbonyl (C=O) groups is 2. The molecule has 1 aromatic carbocycles. The number of hydrogen-bond acceptors (Lipinski definition) is 2. The third-order valence-corrected chi connectivity index (χ3v) is 2.49. The van der Waals surface area contributed by atoms with E-state index in [1.54, 1.807) is 24.3 Å². The molecule has 0 bridgehead atoms. The number of rotatable bonds is 5. The van der Waals surface area contributed by atoms with Crippen molar-refractivity contribution in [1.82, 2.24) is 0 Å². The molecule has 0 fully saturated rings. The van der Waals surface area contributed by atoms with Crippen LogP contribution in [-0.4, -0.2) is 16.9 Å². The van der Waals surface area contributed by atoms with E-state index in [0.29, 0.717) is 6.42 Å². The molecule has 0 heterocycles. The smallest absolute Gasteiger partial charge is 0.372 e. The van der Waals surface area contributed by atoms with Crippen LogP contribution in [0, 0.1) is 0 Å². The summed E-state index contributed by atoms with van der Waals surface area (Å²) in [5, 5.41) is 8.81. The van der Waals surface area contributed by atoms with Crippen molar-refractivity contribution in [1.29, 1.82) is 0 Å². The van der Waals surface area contributed by atoms with Crippen molar-refractivity contribution in [3.63, 3.8) is 0 Å². The van der Waals surface area contributed by atoms with Crippen LogP contribution in [-0.2, 0) is 9.59 Å². The number of benzene rings is 1. The molecule has 0 saturated heterocycles. The first-order valence-corrected chi connectivity index (χ1v) is 5.48. The summed E-state index contributed by atoms with van der Waals surface area (Å²) in [6.07, 6.45) is 2.32. The summed E-state index contributed by atoms with van der Waals surface area (Å²) < 4.78 is 0. The second-order valence-electron chi connectivity index (χ2n) is 4.15. The van der Waals surface area contributed by atoms with Gasteiger partial charge in [-0.05, 0) is 25.8 Å². The lowest BCUT2D eigenvalue weighted by Gasteiger charge is -2.12. The molecule has 1 atom stereocenters. The van der Waals surface area contributed by atoms with Gasteiger partial charge < -0.3 is 5.11 Å². The molecule has 0 amide bonds. The lowest BCUT2D eigenvalue weighted by Crippen LogP contribution is -2.21. The Balaban J connectivity index is 2.99. The number of carboxylic acid groups (broad SMARTS) is 1. The average Bonchev–Trinajstić information content (AvgIpc) is 2.30. The van der Waals surface area contributed by atoms with Gasteiger partial charge in [0.05, 0.1) is 5.92 Å². The van der Waals surface area contributed by atoms with Gasteiger partial charge in [-0.1, -0.05) is 42.0 Å². The number of allylic oxidation sites excluding steroid dienone is 2. The highest BCUT2D eigenvalue weighted by atomic mass is 16.4. The molecule has 0 aliphatic carbocycles. The molecular weight excluding hydrogens is 216 g/mol. The fourth-order valence-corrected chi connectivity index (χ4v) is 1.58. The molecule has 17 heavy (non-hydrogen) atoms. The molecule has 0 radical (unpaired) electrons. The maximum absolute atomic E-state index is 11.6. The van der Waals surface area contributed by atoms with Gasteiger partial charge >= 0.3 is 5.97 Å². The topological polar surface area (TPSA) is 54.4 Å². The van der Waals surface area contributed by atoms with Crippen molar-refractivity contribution < 1.29 is 14.7 Å². The Morgan fingerprint density at radius 3 is 2.29 bits per heavy atom. The highest BCUT2D eigenvalue weighted by Crippen LogP contribution is 2.22. The van der Waals surface area contributed by atoms with E-state index in [1.807, 2.05) is 26.0 Å². The summed E-state index contributed by atoms with van der Waals surface area (Å²) in [4.78, 5) is 22.4. The first-order valence-electron chi connectivity index (χ1n) is 5.48. The van der Waals surface area contributed by atoms with Crippen LogP contribution < -0.4 is 0 Å². The maximum Gasteiger partial charge on any atom is 0.372 e. The van der Waals surface area contributed by atoms with Crippen molar-refractivity contribution in [3.05, 3.63) is 47.5 Å². The zero-order chi connectivity index (χ0) is 12.8. The summed E-state index contributed by atoms with van der Waals surface area (Å²) in [6, 6.07) is 9.02. The SMILES string of the molecule is CC(C)=CCC(C(=O)C(=O)O)c1ccccc1. The molecule has 0 aliphatic heterocycles. The molecule has 0 aliphatic rings. The fraction of sp³-hybridized carbons (Fsp3) is 0.286. The lowest BCUT2D eigenvalue weighted by atomic mass is 9.91. The molecule has 1 rings (SSSR count). The summed E-state index contributed by atoms with van der Waals surface area (Å²) in [5.74, 6) is -2.72. The molecule has 1 unspecified atom stereocenters. The molecule has 0 aromatic heterocycles. The standard InChI is InChI=1S/C14H16O3/c1-10(2)8-9-12(13(15)14(16)17)11-6-4-3-5-7-11/h3-8,12H,9H2,1-2H3,(H,16,17). The molecule has 3 nitrogen and oxygen atoms in total. The number of carboxylic acids is 1. The van der Waals surface area contributed by atoms with Gasteiger partial charge in [0, 0.05) is 0 Å². The minimum atomic E-state index is -1.37. The van der Waals surface area contributed by atoms with Crippen LogP contribution in [0.4, 0.5) is 0 Å². The average molecular weight is 232 g/mol. The second kappa shape index (κ2) is 5.99. The van der Waals surface area contributed by atoms with Gasteiger partial charge in [-0.3, -0.25) is 4.79 Å². The van der Waals surface area contributed by atoms with E-state index in [1.165, 1.54) is 0 Å². The summed E-state index contributed by atoms with van der Waals surface area (Å²) >= 11 is 0. The van der Waals surface area contributed by atoms with Crippen LogP contribution in [0.3, 0.4) is 0 Å². The van der Waals surface area contributed by atoms with E-state index in [2.05, 4.69) is 0 Å². The third kappa shape index (κ3) is 3.87. The fourth-order valence-electron chi connectivity index (χ4n) is 1.58. The Morgan fingerprint density at radius 2 is 1.82 bits per heavy atom. The van der Waals surface area contributed by atoms with Crippen molar-refractivity contribution in [2.45, 2.75) is 26.2 Å². The quantitative estimate of drug-likeness (QED) is 0.627. The van der Waals surface area contributed by atoms with Gasteiger partial charge in [0.2, 0.25) is 5.78 Å². The van der Waals surface area contributed by atoms with Crippen LogP contribution >= 0.6 is 0 Å². The monoisotopic (exact) mass is 232 g/mol. The van der Waals surface area contributed by atoms with Gasteiger partial charge in [-0.15, -0.1) is 0 Å². The molecule has 1 N–H and O–H groups in total.